The molecule has 0 spiro atoms. The lowest BCUT2D eigenvalue weighted by molar-refractivity contribution is 0.797. The van der Waals surface area contributed by atoms with E-state index in [-0.39, 0.29) is 0 Å². The van der Waals surface area contributed by atoms with Crippen LogP contribution in [0.5, 0.6) is 0 Å². The molecule has 0 aliphatic carbocycles. The Bertz CT molecular complexity index is 417. The van der Waals surface area contributed by atoms with Crippen LogP contribution in [-0.2, 0) is 0 Å². The van der Waals surface area contributed by atoms with Crippen molar-refractivity contribution in [1.29, 1.82) is 10.5 Å². The maximum Gasteiger partial charge on any atom is 0.181 e. The molecule has 0 aliphatic heterocycles. The van der Waals surface area contributed by atoms with Gasteiger partial charge in [0, 0.05) is 0 Å². The number of fused-ring (bicyclic) bond motifs is 1. The Labute approximate surface area is 79.4 Å². The van der Waals surface area contributed by atoms with Gasteiger partial charge in [-0.25, -0.2) is 0 Å². The van der Waals surface area contributed by atoms with Crippen molar-refractivity contribution in [2.75, 3.05) is 0 Å². The van der Waals surface area contributed by atoms with Crippen LogP contribution in [0.1, 0.15) is 0 Å². The first-order valence-corrected chi connectivity index (χ1v) is 3.57. The zero-order valence-electron chi connectivity index (χ0n) is 6.99. The molecule has 66 valence electrons. The van der Waals surface area contributed by atoms with E-state index in [1.54, 1.807) is 0 Å². The molecule has 0 aliphatic rings. The predicted molar refractivity (Wildman–Crippen MR) is 46.4 cm³/mol. The molecule has 0 unspecified atom stereocenters. The summed E-state index contributed by atoms with van der Waals surface area (Å²) in [7, 11) is 0. The topological polar surface area (TPSA) is 99.1 Å². The van der Waals surface area contributed by atoms with Gasteiger partial charge in [0.05, 0.1) is 0 Å². The molecule has 1 aromatic carbocycles. The second-order valence-electron chi connectivity index (χ2n) is 2.09. The summed E-state index contributed by atoms with van der Waals surface area (Å²) in [5.74, 6) is 0. The lowest BCUT2D eigenvalue weighted by Gasteiger charge is -1.87. The molecule has 1 heterocycles. The van der Waals surface area contributed by atoms with Crippen LogP contribution in [0.3, 0.4) is 0 Å². The Morgan fingerprint density at radius 2 is 1.29 bits per heavy atom. The van der Waals surface area contributed by atoms with Crippen molar-refractivity contribution in [3.8, 4) is 12.1 Å². The number of hydrogen-bond acceptors (Lipinski definition) is 6. The molecule has 0 N–H and O–H groups in total. The van der Waals surface area contributed by atoms with Crippen LogP contribution in [0, 0.1) is 22.7 Å². The largest absolute Gasteiger partial charge is 0.181 e. The van der Waals surface area contributed by atoms with Gasteiger partial charge in [0.1, 0.15) is 11.0 Å². The number of aromatic nitrogens is 4. The fourth-order valence-corrected chi connectivity index (χ4v) is 0.770. The molecule has 0 amide bonds. The zero-order valence-corrected chi connectivity index (χ0v) is 6.99. The third-order valence-electron chi connectivity index (χ3n) is 1.28. The van der Waals surface area contributed by atoms with Crippen molar-refractivity contribution in [1.82, 2.24) is 20.6 Å². The van der Waals surface area contributed by atoms with Crippen LogP contribution in [0.4, 0.5) is 0 Å². The fourth-order valence-electron chi connectivity index (χ4n) is 0.770. The van der Waals surface area contributed by atoms with Crippen molar-refractivity contribution in [3.63, 3.8) is 0 Å². The Hall–Kier alpha value is -2.60. The maximum atomic E-state index is 7.26. The minimum atomic E-state index is 0.775. The van der Waals surface area contributed by atoms with Gasteiger partial charge in [0.25, 0.3) is 0 Å². The summed E-state index contributed by atoms with van der Waals surface area (Å²) in [6, 6.07) is 9.94. The van der Waals surface area contributed by atoms with Crippen molar-refractivity contribution >= 4 is 11.0 Å². The zero-order chi connectivity index (χ0) is 10.2. The van der Waals surface area contributed by atoms with Crippen LogP contribution in [0.2, 0.25) is 0 Å². The Morgan fingerprint density at radius 1 is 0.857 bits per heavy atom. The summed E-state index contributed by atoms with van der Waals surface area (Å²) in [6.07, 6.45) is 0. The number of nitriles is 2. The average Bonchev–Trinajstić information content (AvgIpc) is 2.30. The molecule has 2 aromatic rings. The van der Waals surface area contributed by atoms with Crippen LogP contribution in [-0.4, -0.2) is 20.6 Å². The Kier molecular flexibility index (Phi) is 3.47. The normalized spacial score (nSPS) is 7.86. The molecule has 0 radical (unpaired) electrons. The first-order chi connectivity index (χ1) is 6.88. The van der Waals surface area contributed by atoms with Gasteiger partial charge in [-0.15, -0.1) is 10.2 Å². The molecule has 0 fully saturated rings. The standard InChI is InChI=1S/C6H4N4.C2N2/c1-2-4-6-5(3-1)7-9-10-8-6;3-1-2-4/h1-4H;. The van der Waals surface area contributed by atoms with Gasteiger partial charge < -0.3 is 0 Å². The molecule has 2 rings (SSSR count). The fraction of sp³-hybridized carbons (Fsp3) is 0. The third kappa shape index (κ3) is 2.47. The molecule has 0 saturated carbocycles. The molecule has 14 heavy (non-hydrogen) atoms. The van der Waals surface area contributed by atoms with E-state index in [0.29, 0.717) is 0 Å². The highest BCUT2D eigenvalue weighted by Gasteiger charge is 1.90. The van der Waals surface area contributed by atoms with Crippen molar-refractivity contribution in [2.24, 2.45) is 0 Å². The van der Waals surface area contributed by atoms with E-state index in [1.807, 2.05) is 24.3 Å². The molecule has 1 aromatic heterocycles. The quantitative estimate of drug-likeness (QED) is 0.589. The SMILES string of the molecule is N#CC#N.c1ccc2nnnnc2c1. The molecule has 0 bridgehead atoms. The van der Waals surface area contributed by atoms with Gasteiger partial charge in [0.15, 0.2) is 12.1 Å². The van der Waals surface area contributed by atoms with E-state index in [1.165, 1.54) is 12.1 Å². The lowest BCUT2D eigenvalue weighted by Crippen LogP contribution is -1.90. The second-order valence-corrected chi connectivity index (χ2v) is 2.09. The molecule has 0 atom stereocenters. The summed E-state index contributed by atoms with van der Waals surface area (Å²) in [4.78, 5) is 0. The van der Waals surface area contributed by atoms with E-state index in [4.69, 9.17) is 10.5 Å². The van der Waals surface area contributed by atoms with Gasteiger partial charge in [0.2, 0.25) is 0 Å². The summed E-state index contributed by atoms with van der Waals surface area (Å²) in [5, 5.41) is 28.8. The smallest absolute Gasteiger partial charge is 0.181 e. The number of nitrogens with zero attached hydrogens (tertiary/aromatic N) is 6. The van der Waals surface area contributed by atoms with E-state index >= 15 is 0 Å². The number of hydrogen-bond donors (Lipinski definition) is 0. The van der Waals surface area contributed by atoms with E-state index in [2.05, 4.69) is 20.6 Å². The van der Waals surface area contributed by atoms with E-state index in [0.717, 1.165) is 11.0 Å². The molecule has 0 saturated heterocycles. The number of rotatable bonds is 0. The first-order valence-electron chi connectivity index (χ1n) is 3.57. The van der Waals surface area contributed by atoms with Crippen LogP contribution >= 0.6 is 0 Å². The van der Waals surface area contributed by atoms with Crippen LogP contribution in [0.25, 0.3) is 11.0 Å². The van der Waals surface area contributed by atoms with Crippen molar-refractivity contribution < 1.29 is 0 Å². The molecular formula is C8H4N6. The highest BCUT2D eigenvalue weighted by atomic mass is 15.4. The summed E-state index contributed by atoms with van der Waals surface area (Å²) < 4.78 is 0. The number of benzene rings is 1. The summed E-state index contributed by atoms with van der Waals surface area (Å²) in [5.41, 5.74) is 1.55. The van der Waals surface area contributed by atoms with E-state index in [9.17, 15) is 0 Å². The Morgan fingerprint density at radius 3 is 1.64 bits per heavy atom. The maximum absolute atomic E-state index is 7.26. The van der Waals surface area contributed by atoms with Crippen molar-refractivity contribution in [3.05, 3.63) is 24.3 Å². The monoisotopic (exact) mass is 184 g/mol. The highest BCUT2D eigenvalue weighted by Crippen LogP contribution is 2.02. The van der Waals surface area contributed by atoms with Gasteiger partial charge >= 0.3 is 0 Å². The van der Waals surface area contributed by atoms with Gasteiger partial charge in [-0.05, 0) is 22.6 Å². The van der Waals surface area contributed by atoms with Gasteiger partial charge in [-0.1, -0.05) is 12.1 Å². The minimum Gasteiger partial charge on any atom is -0.181 e. The minimum absolute atomic E-state index is 0.775. The third-order valence-corrected chi connectivity index (χ3v) is 1.28. The summed E-state index contributed by atoms with van der Waals surface area (Å²) in [6.45, 7) is 0. The molecule has 6 nitrogen and oxygen atoms in total. The van der Waals surface area contributed by atoms with Crippen LogP contribution in [0.15, 0.2) is 24.3 Å². The lowest BCUT2D eigenvalue weighted by atomic mass is 10.3. The van der Waals surface area contributed by atoms with Crippen LogP contribution < -0.4 is 0 Å². The first kappa shape index (κ1) is 9.49. The van der Waals surface area contributed by atoms with Crippen molar-refractivity contribution in [2.45, 2.75) is 0 Å². The average molecular weight is 184 g/mol. The van der Waals surface area contributed by atoms with Gasteiger partial charge in [-0.2, -0.15) is 10.5 Å². The highest BCUT2D eigenvalue weighted by molar-refractivity contribution is 5.72. The van der Waals surface area contributed by atoms with Gasteiger partial charge in [-0.3, -0.25) is 0 Å². The second kappa shape index (κ2) is 5.12. The predicted octanol–water partition coefficient (Wildman–Crippen LogP) is 0.453. The molecule has 6 heteroatoms. The van der Waals surface area contributed by atoms with E-state index < -0.39 is 0 Å². The summed E-state index contributed by atoms with van der Waals surface area (Å²) >= 11 is 0. The molecular weight excluding hydrogens is 180 g/mol. The Balaban J connectivity index is 0.000000213.